The van der Waals surface area contributed by atoms with Crippen LogP contribution in [0.25, 0.3) is 0 Å². The van der Waals surface area contributed by atoms with Crippen molar-refractivity contribution in [1.82, 2.24) is 4.90 Å². The third-order valence-electron chi connectivity index (χ3n) is 4.15. The molecule has 1 aromatic carbocycles. The number of fused-ring (bicyclic) bond motifs is 1. The molecule has 106 valence electrons. The van der Waals surface area contributed by atoms with Crippen molar-refractivity contribution in [2.75, 3.05) is 24.5 Å². The van der Waals surface area contributed by atoms with Gasteiger partial charge in [0.1, 0.15) is 6.54 Å². The van der Waals surface area contributed by atoms with Gasteiger partial charge in [-0.1, -0.05) is 17.7 Å². The predicted octanol–water partition coefficient (Wildman–Crippen LogP) is 1.90. The fourth-order valence-electron chi connectivity index (χ4n) is 3.10. The molecule has 3 rings (SSSR count). The van der Waals surface area contributed by atoms with E-state index >= 15 is 0 Å². The Balaban J connectivity index is 1.78. The van der Waals surface area contributed by atoms with Gasteiger partial charge in [0, 0.05) is 25.2 Å². The van der Waals surface area contributed by atoms with E-state index in [1.165, 1.54) is 11.1 Å². The maximum atomic E-state index is 12.5. The first kappa shape index (κ1) is 13.2. The van der Waals surface area contributed by atoms with Crippen molar-refractivity contribution in [2.45, 2.75) is 32.6 Å². The van der Waals surface area contributed by atoms with Crippen molar-refractivity contribution >= 4 is 17.5 Å². The highest BCUT2D eigenvalue weighted by Gasteiger charge is 2.27. The van der Waals surface area contributed by atoms with Crippen molar-refractivity contribution in [3.63, 3.8) is 0 Å². The lowest BCUT2D eigenvalue weighted by Gasteiger charge is -2.31. The van der Waals surface area contributed by atoms with E-state index in [-0.39, 0.29) is 18.4 Å². The summed E-state index contributed by atoms with van der Waals surface area (Å²) in [6.07, 6.45) is 3.49. The number of nitrogens with zero attached hydrogens (tertiary/aromatic N) is 2. The smallest absolute Gasteiger partial charge is 0.246 e. The van der Waals surface area contributed by atoms with Crippen molar-refractivity contribution in [2.24, 2.45) is 0 Å². The van der Waals surface area contributed by atoms with E-state index in [0.717, 1.165) is 38.0 Å². The number of hydrogen-bond acceptors (Lipinski definition) is 2. The quantitative estimate of drug-likeness (QED) is 0.825. The van der Waals surface area contributed by atoms with Gasteiger partial charge in [-0.2, -0.15) is 0 Å². The minimum absolute atomic E-state index is 0.0463. The summed E-state index contributed by atoms with van der Waals surface area (Å²) >= 11 is 0. The van der Waals surface area contributed by atoms with Gasteiger partial charge < -0.3 is 9.80 Å². The van der Waals surface area contributed by atoms with Gasteiger partial charge in [-0.05, 0) is 37.8 Å². The van der Waals surface area contributed by atoms with E-state index in [9.17, 15) is 9.59 Å². The molecule has 2 aliphatic heterocycles. The lowest BCUT2D eigenvalue weighted by Crippen LogP contribution is -2.43. The maximum absolute atomic E-state index is 12.5. The van der Waals surface area contributed by atoms with Crippen LogP contribution in [-0.2, 0) is 16.0 Å². The highest BCUT2D eigenvalue weighted by Crippen LogP contribution is 2.28. The Morgan fingerprint density at radius 1 is 1.20 bits per heavy atom. The normalized spacial score (nSPS) is 18.4. The van der Waals surface area contributed by atoms with Gasteiger partial charge in [0.15, 0.2) is 0 Å². The summed E-state index contributed by atoms with van der Waals surface area (Å²) in [7, 11) is 0. The van der Waals surface area contributed by atoms with E-state index < -0.39 is 0 Å². The van der Waals surface area contributed by atoms with Gasteiger partial charge in [-0.15, -0.1) is 0 Å². The highest BCUT2D eigenvalue weighted by molar-refractivity contribution is 5.98. The van der Waals surface area contributed by atoms with Gasteiger partial charge in [-0.3, -0.25) is 9.59 Å². The summed E-state index contributed by atoms with van der Waals surface area (Å²) in [6.45, 7) is 3.78. The van der Waals surface area contributed by atoms with Gasteiger partial charge in [-0.25, -0.2) is 0 Å². The van der Waals surface area contributed by atoms with E-state index in [0.29, 0.717) is 6.42 Å². The third-order valence-corrected chi connectivity index (χ3v) is 4.15. The zero-order valence-electron chi connectivity index (χ0n) is 11.9. The van der Waals surface area contributed by atoms with E-state index in [1.54, 1.807) is 4.90 Å². The number of likely N-dealkylation sites (tertiary alicyclic amines) is 1. The van der Waals surface area contributed by atoms with Crippen molar-refractivity contribution in [3.05, 3.63) is 29.3 Å². The summed E-state index contributed by atoms with van der Waals surface area (Å²) in [5, 5.41) is 0. The minimum atomic E-state index is 0.0463. The van der Waals surface area contributed by atoms with Crippen LogP contribution < -0.4 is 4.90 Å². The molecule has 2 amide bonds. The maximum Gasteiger partial charge on any atom is 0.246 e. The van der Waals surface area contributed by atoms with Crippen LogP contribution in [0.15, 0.2) is 18.2 Å². The summed E-state index contributed by atoms with van der Waals surface area (Å²) in [5.41, 5.74) is 3.50. The number of anilines is 1. The number of hydrogen-bond donors (Lipinski definition) is 0. The van der Waals surface area contributed by atoms with Crippen LogP contribution in [0, 0.1) is 6.92 Å². The Morgan fingerprint density at radius 3 is 2.75 bits per heavy atom. The molecule has 1 fully saturated rings. The molecule has 0 spiro atoms. The van der Waals surface area contributed by atoms with Crippen LogP contribution in [-0.4, -0.2) is 36.3 Å². The standard InChI is InChI=1S/C16H20N2O2/c1-12-6-7-14-13(10-12)4-2-9-18(14)16(20)11-17-8-3-5-15(17)19/h6-7,10H,2-5,8-9,11H2,1H3. The molecule has 0 aliphatic carbocycles. The van der Waals surface area contributed by atoms with Gasteiger partial charge in [0.2, 0.25) is 11.8 Å². The van der Waals surface area contributed by atoms with Crippen LogP contribution in [0.1, 0.15) is 30.4 Å². The molecule has 0 saturated carbocycles. The lowest BCUT2D eigenvalue weighted by atomic mass is 9.99. The van der Waals surface area contributed by atoms with Crippen LogP contribution >= 0.6 is 0 Å². The molecule has 0 aromatic heterocycles. The van der Waals surface area contributed by atoms with Gasteiger partial charge in [0.25, 0.3) is 0 Å². The Bertz CT molecular complexity index is 553. The first-order valence-electron chi connectivity index (χ1n) is 7.33. The Hall–Kier alpha value is -1.84. The first-order valence-corrected chi connectivity index (χ1v) is 7.33. The molecule has 0 unspecified atom stereocenters. The highest BCUT2D eigenvalue weighted by atomic mass is 16.2. The molecule has 0 N–H and O–H groups in total. The predicted molar refractivity (Wildman–Crippen MR) is 77.7 cm³/mol. The Morgan fingerprint density at radius 2 is 2.00 bits per heavy atom. The molecule has 1 saturated heterocycles. The average Bonchev–Trinajstić information content (AvgIpc) is 2.83. The molecule has 2 aliphatic rings. The first-order chi connectivity index (χ1) is 9.65. The fraction of sp³-hybridized carbons (Fsp3) is 0.500. The number of carbonyl (C=O) groups excluding carboxylic acids is 2. The Labute approximate surface area is 119 Å². The van der Waals surface area contributed by atoms with Crippen molar-refractivity contribution in [1.29, 1.82) is 0 Å². The van der Waals surface area contributed by atoms with Crippen LogP contribution in [0.5, 0.6) is 0 Å². The number of aryl methyl sites for hydroxylation is 2. The van der Waals surface area contributed by atoms with Crippen molar-refractivity contribution in [3.8, 4) is 0 Å². The molecule has 4 heteroatoms. The second-order valence-electron chi connectivity index (χ2n) is 5.70. The monoisotopic (exact) mass is 272 g/mol. The Kier molecular flexibility index (Phi) is 3.47. The zero-order valence-corrected chi connectivity index (χ0v) is 11.9. The molecule has 1 aromatic rings. The SMILES string of the molecule is Cc1ccc2c(c1)CCCN2C(=O)CN1CCCC1=O. The van der Waals surface area contributed by atoms with Gasteiger partial charge in [0.05, 0.1) is 0 Å². The molecule has 0 atom stereocenters. The summed E-state index contributed by atoms with van der Waals surface area (Å²) < 4.78 is 0. The molecule has 0 radical (unpaired) electrons. The molecule has 20 heavy (non-hydrogen) atoms. The topological polar surface area (TPSA) is 40.6 Å². The second kappa shape index (κ2) is 5.27. The molecule has 2 heterocycles. The minimum Gasteiger partial charge on any atom is -0.333 e. The molecule has 4 nitrogen and oxygen atoms in total. The van der Waals surface area contributed by atoms with Gasteiger partial charge >= 0.3 is 0 Å². The molecular weight excluding hydrogens is 252 g/mol. The fourth-order valence-corrected chi connectivity index (χ4v) is 3.10. The number of amides is 2. The van der Waals surface area contributed by atoms with Crippen LogP contribution in [0.3, 0.4) is 0 Å². The van der Waals surface area contributed by atoms with E-state index in [1.807, 2.05) is 17.0 Å². The van der Waals surface area contributed by atoms with E-state index in [4.69, 9.17) is 0 Å². The lowest BCUT2D eigenvalue weighted by molar-refractivity contribution is -0.132. The number of rotatable bonds is 2. The average molecular weight is 272 g/mol. The van der Waals surface area contributed by atoms with Crippen LogP contribution in [0.2, 0.25) is 0 Å². The summed E-state index contributed by atoms with van der Waals surface area (Å²) in [6, 6.07) is 6.24. The molecule has 0 bridgehead atoms. The van der Waals surface area contributed by atoms with E-state index in [2.05, 4.69) is 13.0 Å². The summed E-state index contributed by atoms with van der Waals surface area (Å²) in [4.78, 5) is 27.7. The largest absolute Gasteiger partial charge is 0.333 e. The number of carbonyl (C=O) groups is 2. The van der Waals surface area contributed by atoms with Crippen molar-refractivity contribution < 1.29 is 9.59 Å². The zero-order chi connectivity index (χ0) is 14.1. The molecular formula is C16H20N2O2. The summed E-state index contributed by atoms with van der Waals surface area (Å²) in [5.74, 6) is 0.157. The second-order valence-corrected chi connectivity index (χ2v) is 5.70. The van der Waals surface area contributed by atoms with Crippen LogP contribution in [0.4, 0.5) is 5.69 Å². The number of benzene rings is 1. The third kappa shape index (κ3) is 2.42.